The first-order valence-corrected chi connectivity index (χ1v) is 9.46. The zero-order valence-electron chi connectivity index (χ0n) is 13.9. The zero-order valence-corrected chi connectivity index (χ0v) is 16.3. The smallest absolute Gasteiger partial charge is 0.262 e. The lowest BCUT2D eigenvalue weighted by Crippen LogP contribution is -2.50. The second-order valence-corrected chi connectivity index (χ2v) is 7.82. The molecule has 0 aliphatic rings. The molecule has 0 saturated heterocycles. The van der Waals surface area contributed by atoms with E-state index in [2.05, 4.69) is 26.6 Å². The van der Waals surface area contributed by atoms with Crippen molar-refractivity contribution < 1.29 is 9.59 Å². The molecule has 4 nitrogen and oxygen atoms in total. The molecular formula is C18H21BrN2O2S. The van der Waals surface area contributed by atoms with Gasteiger partial charge in [0.1, 0.15) is 6.04 Å². The summed E-state index contributed by atoms with van der Waals surface area (Å²) in [5.41, 5.74) is 1.01. The monoisotopic (exact) mass is 408 g/mol. The first kappa shape index (κ1) is 18.7. The van der Waals surface area contributed by atoms with Gasteiger partial charge in [-0.2, -0.15) is 0 Å². The van der Waals surface area contributed by atoms with Crippen molar-refractivity contribution in [3.05, 3.63) is 56.7 Å². The van der Waals surface area contributed by atoms with Gasteiger partial charge in [-0.3, -0.25) is 9.59 Å². The van der Waals surface area contributed by atoms with Gasteiger partial charge in [-0.1, -0.05) is 48.0 Å². The van der Waals surface area contributed by atoms with E-state index in [0.29, 0.717) is 4.88 Å². The Morgan fingerprint density at radius 1 is 1.04 bits per heavy atom. The molecule has 1 aromatic carbocycles. The average molecular weight is 409 g/mol. The van der Waals surface area contributed by atoms with Crippen LogP contribution in [0.5, 0.6) is 0 Å². The highest BCUT2D eigenvalue weighted by Crippen LogP contribution is 2.17. The lowest BCUT2D eigenvalue weighted by molar-refractivity contribution is -0.124. The van der Waals surface area contributed by atoms with Crippen LogP contribution in [0, 0.1) is 5.92 Å². The Balaban J connectivity index is 2.03. The normalized spacial score (nSPS) is 13.4. The van der Waals surface area contributed by atoms with Gasteiger partial charge in [0.05, 0.1) is 10.9 Å². The van der Waals surface area contributed by atoms with E-state index in [4.69, 9.17) is 0 Å². The fourth-order valence-electron chi connectivity index (χ4n) is 2.29. The topological polar surface area (TPSA) is 58.2 Å². The zero-order chi connectivity index (χ0) is 17.7. The molecular weight excluding hydrogens is 388 g/mol. The van der Waals surface area contributed by atoms with E-state index in [0.717, 1.165) is 10.0 Å². The molecule has 2 rings (SSSR count). The second-order valence-electron chi connectivity index (χ2n) is 5.95. The predicted molar refractivity (Wildman–Crippen MR) is 101 cm³/mol. The summed E-state index contributed by atoms with van der Waals surface area (Å²) in [5.74, 6) is -0.397. The lowest BCUT2D eigenvalue weighted by Gasteiger charge is -2.24. The minimum Gasteiger partial charge on any atom is -0.348 e. The predicted octanol–water partition coefficient (Wildman–Crippen LogP) is 4.14. The summed E-state index contributed by atoms with van der Waals surface area (Å²) in [6.45, 7) is 5.77. The molecule has 2 N–H and O–H groups in total. The lowest BCUT2D eigenvalue weighted by atomic mass is 10.0. The van der Waals surface area contributed by atoms with E-state index in [-0.39, 0.29) is 23.8 Å². The van der Waals surface area contributed by atoms with Crippen LogP contribution in [0.15, 0.2) is 46.3 Å². The van der Waals surface area contributed by atoms with Gasteiger partial charge in [0.2, 0.25) is 5.91 Å². The summed E-state index contributed by atoms with van der Waals surface area (Å²) >= 11 is 4.76. The van der Waals surface area contributed by atoms with Gasteiger partial charge in [-0.05, 0) is 42.0 Å². The Morgan fingerprint density at radius 2 is 1.71 bits per heavy atom. The van der Waals surface area contributed by atoms with Crippen LogP contribution in [0.3, 0.4) is 0 Å². The molecule has 0 saturated carbocycles. The molecule has 0 aliphatic carbocycles. The number of benzene rings is 1. The number of rotatable bonds is 6. The minimum atomic E-state index is -0.572. The Labute approximate surface area is 154 Å². The van der Waals surface area contributed by atoms with Crippen LogP contribution in [-0.4, -0.2) is 17.9 Å². The molecule has 1 aromatic heterocycles. The molecule has 2 amide bonds. The summed E-state index contributed by atoms with van der Waals surface area (Å²) in [5, 5.41) is 7.66. The Hall–Kier alpha value is -1.66. The van der Waals surface area contributed by atoms with E-state index in [9.17, 15) is 9.59 Å². The first-order chi connectivity index (χ1) is 11.4. The maximum absolute atomic E-state index is 12.6. The van der Waals surface area contributed by atoms with Gasteiger partial charge in [0.15, 0.2) is 0 Å². The summed E-state index contributed by atoms with van der Waals surface area (Å²) < 4.78 is 0.994. The standard InChI is InChI=1S/C18H21BrN2O2S/c1-11(2)16(21-17(22)15-5-4-10-24-15)18(23)20-12(3)13-6-8-14(19)9-7-13/h4-12,16H,1-3H3,(H,20,23)(H,21,22). The molecule has 0 bridgehead atoms. The SMILES string of the molecule is CC(NC(=O)C(NC(=O)c1cccs1)C(C)C)c1ccc(Br)cc1. The van der Waals surface area contributed by atoms with Crippen molar-refractivity contribution in [2.75, 3.05) is 0 Å². The van der Waals surface area contributed by atoms with Gasteiger partial charge in [-0.25, -0.2) is 0 Å². The molecule has 24 heavy (non-hydrogen) atoms. The fraction of sp³-hybridized carbons (Fsp3) is 0.333. The molecule has 128 valence electrons. The Morgan fingerprint density at radius 3 is 2.25 bits per heavy atom. The van der Waals surface area contributed by atoms with Crippen molar-refractivity contribution in [2.24, 2.45) is 5.92 Å². The van der Waals surface area contributed by atoms with E-state index >= 15 is 0 Å². The molecule has 2 atom stereocenters. The van der Waals surface area contributed by atoms with Crippen molar-refractivity contribution >= 4 is 39.1 Å². The average Bonchev–Trinajstić information content (AvgIpc) is 3.07. The van der Waals surface area contributed by atoms with E-state index in [1.165, 1.54) is 11.3 Å². The van der Waals surface area contributed by atoms with Crippen LogP contribution in [0.1, 0.15) is 42.0 Å². The number of carbonyl (C=O) groups is 2. The third-order valence-electron chi connectivity index (χ3n) is 3.71. The van der Waals surface area contributed by atoms with Crippen LogP contribution >= 0.6 is 27.3 Å². The number of hydrogen-bond donors (Lipinski definition) is 2. The quantitative estimate of drug-likeness (QED) is 0.754. The Kier molecular flexibility index (Phi) is 6.57. The molecule has 1 heterocycles. The molecule has 2 aromatic rings. The van der Waals surface area contributed by atoms with Gasteiger partial charge < -0.3 is 10.6 Å². The van der Waals surface area contributed by atoms with E-state index in [1.54, 1.807) is 6.07 Å². The number of nitrogens with one attached hydrogen (secondary N) is 2. The van der Waals surface area contributed by atoms with Gasteiger partial charge in [0.25, 0.3) is 5.91 Å². The largest absolute Gasteiger partial charge is 0.348 e. The van der Waals surface area contributed by atoms with Gasteiger partial charge >= 0.3 is 0 Å². The van der Waals surface area contributed by atoms with Crippen LogP contribution in [0.25, 0.3) is 0 Å². The van der Waals surface area contributed by atoms with Gasteiger partial charge in [-0.15, -0.1) is 11.3 Å². The summed E-state index contributed by atoms with van der Waals surface area (Å²) in [6.07, 6.45) is 0. The van der Waals surface area contributed by atoms with Crippen molar-refractivity contribution in [3.63, 3.8) is 0 Å². The molecule has 2 unspecified atom stereocenters. The van der Waals surface area contributed by atoms with Crippen LogP contribution in [0.4, 0.5) is 0 Å². The maximum Gasteiger partial charge on any atom is 0.262 e. The highest BCUT2D eigenvalue weighted by Gasteiger charge is 2.26. The van der Waals surface area contributed by atoms with Crippen molar-refractivity contribution in [3.8, 4) is 0 Å². The van der Waals surface area contributed by atoms with E-state index < -0.39 is 6.04 Å². The number of thiophene rings is 1. The number of hydrogen-bond acceptors (Lipinski definition) is 3. The second kappa shape index (κ2) is 8.44. The molecule has 0 aliphatic heterocycles. The third-order valence-corrected chi connectivity index (χ3v) is 5.11. The molecule has 0 fully saturated rings. The molecule has 0 radical (unpaired) electrons. The third kappa shape index (κ3) is 4.92. The highest BCUT2D eigenvalue weighted by molar-refractivity contribution is 9.10. The summed E-state index contributed by atoms with van der Waals surface area (Å²) in [7, 11) is 0. The van der Waals surface area contributed by atoms with Crippen LogP contribution < -0.4 is 10.6 Å². The highest BCUT2D eigenvalue weighted by atomic mass is 79.9. The maximum atomic E-state index is 12.6. The fourth-order valence-corrected chi connectivity index (χ4v) is 3.18. The van der Waals surface area contributed by atoms with Crippen molar-refractivity contribution in [1.29, 1.82) is 0 Å². The van der Waals surface area contributed by atoms with Crippen LogP contribution in [-0.2, 0) is 4.79 Å². The molecule has 6 heteroatoms. The number of carbonyl (C=O) groups excluding carboxylic acids is 2. The number of amides is 2. The minimum absolute atomic E-state index is 0.00831. The molecule has 0 spiro atoms. The van der Waals surface area contributed by atoms with Gasteiger partial charge in [0, 0.05) is 4.47 Å². The van der Waals surface area contributed by atoms with Crippen LogP contribution in [0.2, 0.25) is 0 Å². The summed E-state index contributed by atoms with van der Waals surface area (Å²) in [4.78, 5) is 25.4. The first-order valence-electron chi connectivity index (χ1n) is 7.78. The van der Waals surface area contributed by atoms with Crippen molar-refractivity contribution in [2.45, 2.75) is 32.9 Å². The Bertz CT molecular complexity index is 684. The number of halogens is 1. The van der Waals surface area contributed by atoms with Crippen molar-refractivity contribution in [1.82, 2.24) is 10.6 Å². The van der Waals surface area contributed by atoms with E-state index in [1.807, 2.05) is 56.5 Å². The summed E-state index contributed by atoms with van der Waals surface area (Å²) in [6, 6.07) is 10.7.